The Morgan fingerprint density at radius 3 is 2.50 bits per heavy atom. The van der Waals surface area contributed by atoms with Crippen molar-refractivity contribution in [3.63, 3.8) is 0 Å². The molecule has 0 unspecified atom stereocenters. The highest BCUT2D eigenvalue weighted by Gasteiger charge is 2.31. The van der Waals surface area contributed by atoms with Crippen LogP contribution in [-0.2, 0) is 6.18 Å². The van der Waals surface area contributed by atoms with Crippen LogP contribution in [0.4, 0.5) is 18.9 Å². The van der Waals surface area contributed by atoms with Crippen molar-refractivity contribution in [1.82, 2.24) is 10.3 Å². The van der Waals surface area contributed by atoms with E-state index in [0.29, 0.717) is 0 Å². The summed E-state index contributed by atoms with van der Waals surface area (Å²) in [5.41, 5.74) is -1.09. The van der Waals surface area contributed by atoms with Crippen LogP contribution >= 0.6 is 11.6 Å². The van der Waals surface area contributed by atoms with Crippen molar-refractivity contribution >= 4 is 29.1 Å². The van der Waals surface area contributed by atoms with Gasteiger partial charge in [0.2, 0.25) is 0 Å². The molecule has 0 spiro atoms. The van der Waals surface area contributed by atoms with E-state index in [2.05, 4.69) is 15.6 Å². The lowest BCUT2D eigenvalue weighted by atomic mass is 10.1. The number of carbonyl (C=O) groups is 2. The van der Waals surface area contributed by atoms with Crippen LogP contribution in [0.5, 0.6) is 0 Å². The Hall–Kier alpha value is -2.61. The molecule has 1 heterocycles. The highest BCUT2D eigenvalue weighted by atomic mass is 35.5. The first kappa shape index (κ1) is 17.7. The van der Waals surface area contributed by atoms with E-state index in [4.69, 9.17) is 11.6 Å². The van der Waals surface area contributed by atoms with Crippen LogP contribution in [0.15, 0.2) is 36.5 Å². The summed E-state index contributed by atoms with van der Waals surface area (Å²) in [4.78, 5) is 27.7. The molecule has 0 aliphatic rings. The SMILES string of the molecule is CNC(=O)c1cnc(Cl)cc1NC(=O)c1cccc(C(F)(F)F)c1. The van der Waals surface area contributed by atoms with Crippen LogP contribution in [0.25, 0.3) is 0 Å². The lowest BCUT2D eigenvalue weighted by Crippen LogP contribution is -2.22. The topological polar surface area (TPSA) is 71.1 Å². The van der Waals surface area contributed by atoms with Gasteiger partial charge in [-0.2, -0.15) is 13.2 Å². The first-order valence-corrected chi connectivity index (χ1v) is 6.96. The minimum atomic E-state index is -4.57. The molecule has 0 radical (unpaired) electrons. The van der Waals surface area contributed by atoms with Gasteiger partial charge in [0.1, 0.15) is 5.15 Å². The van der Waals surface area contributed by atoms with Crippen molar-refractivity contribution in [3.8, 4) is 0 Å². The van der Waals surface area contributed by atoms with Crippen LogP contribution < -0.4 is 10.6 Å². The fourth-order valence-electron chi connectivity index (χ4n) is 1.88. The molecule has 1 aromatic carbocycles. The predicted octanol–water partition coefficient (Wildman–Crippen LogP) is 3.37. The van der Waals surface area contributed by atoms with Gasteiger partial charge < -0.3 is 10.6 Å². The van der Waals surface area contributed by atoms with Crippen molar-refractivity contribution in [3.05, 3.63) is 58.4 Å². The smallest absolute Gasteiger partial charge is 0.355 e. The maximum Gasteiger partial charge on any atom is 0.416 e. The summed E-state index contributed by atoms with van der Waals surface area (Å²) in [5.74, 6) is -1.34. The van der Waals surface area contributed by atoms with Gasteiger partial charge in [0.15, 0.2) is 0 Å². The van der Waals surface area contributed by atoms with E-state index in [1.54, 1.807) is 0 Å². The van der Waals surface area contributed by atoms with Crippen molar-refractivity contribution in [1.29, 1.82) is 0 Å². The van der Waals surface area contributed by atoms with E-state index in [-0.39, 0.29) is 22.0 Å². The van der Waals surface area contributed by atoms with Gasteiger partial charge in [-0.3, -0.25) is 9.59 Å². The number of hydrogen-bond acceptors (Lipinski definition) is 3. The average Bonchev–Trinajstić information content (AvgIpc) is 2.53. The second-order valence-corrected chi connectivity index (χ2v) is 5.05. The van der Waals surface area contributed by atoms with Gasteiger partial charge in [-0.1, -0.05) is 17.7 Å². The standard InChI is InChI=1S/C15H11ClF3N3O2/c1-20-14(24)10-7-21-12(16)6-11(10)22-13(23)8-3-2-4-9(5-8)15(17,18)19/h2-7H,1H3,(H,20,24)(H,21,22,23). The molecule has 2 N–H and O–H groups in total. The number of nitrogens with one attached hydrogen (secondary N) is 2. The fraction of sp³-hybridized carbons (Fsp3) is 0.133. The highest BCUT2D eigenvalue weighted by Crippen LogP contribution is 2.29. The Kier molecular flexibility index (Phi) is 5.08. The molecule has 0 saturated heterocycles. The molecular formula is C15H11ClF3N3O2. The van der Waals surface area contributed by atoms with Gasteiger partial charge in [0.05, 0.1) is 16.8 Å². The first-order chi connectivity index (χ1) is 11.2. The van der Waals surface area contributed by atoms with Crippen LogP contribution in [0, 0.1) is 0 Å². The van der Waals surface area contributed by atoms with Crippen LogP contribution in [0.1, 0.15) is 26.3 Å². The van der Waals surface area contributed by atoms with Gasteiger partial charge in [-0.25, -0.2) is 4.98 Å². The van der Waals surface area contributed by atoms with E-state index < -0.39 is 23.6 Å². The second-order valence-electron chi connectivity index (χ2n) is 4.66. The number of benzene rings is 1. The summed E-state index contributed by atoms with van der Waals surface area (Å²) in [5, 5.41) is 4.75. The largest absolute Gasteiger partial charge is 0.416 e. The molecule has 2 rings (SSSR count). The first-order valence-electron chi connectivity index (χ1n) is 6.58. The Bertz CT molecular complexity index is 794. The molecule has 0 atom stereocenters. The second kappa shape index (κ2) is 6.88. The number of halogens is 4. The van der Waals surface area contributed by atoms with Gasteiger partial charge in [0, 0.05) is 18.8 Å². The maximum absolute atomic E-state index is 12.7. The number of aromatic nitrogens is 1. The van der Waals surface area contributed by atoms with E-state index in [1.807, 2.05) is 0 Å². The maximum atomic E-state index is 12.7. The van der Waals surface area contributed by atoms with Gasteiger partial charge in [0.25, 0.3) is 11.8 Å². The molecule has 0 aliphatic heterocycles. The van der Waals surface area contributed by atoms with Crippen molar-refractivity contribution in [2.24, 2.45) is 0 Å². The predicted molar refractivity (Wildman–Crippen MR) is 82.0 cm³/mol. The Labute approximate surface area is 139 Å². The summed E-state index contributed by atoms with van der Waals surface area (Å²) >= 11 is 5.74. The number of pyridine rings is 1. The Morgan fingerprint density at radius 1 is 1.17 bits per heavy atom. The molecule has 1 aromatic heterocycles. The molecule has 9 heteroatoms. The third-order valence-electron chi connectivity index (χ3n) is 3.04. The molecular weight excluding hydrogens is 347 g/mol. The van der Waals surface area contributed by atoms with Crippen LogP contribution in [0.3, 0.4) is 0 Å². The van der Waals surface area contributed by atoms with Gasteiger partial charge >= 0.3 is 6.18 Å². The third-order valence-corrected chi connectivity index (χ3v) is 3.25. The molecule has 0 saturated carbocycles. The molecule has 126 valence electrons. The minimum Gasteiger partial charge on any atom is -0.355 e. The van der Waals surface area contributed by atoms with E-state index in [1.165, 1.54) is 19.2 Å². The normalized spacial score (nSPS) is 11.0. The summed E-state index contributed by atoms with van der Waals surface area (Å²) in [7, 11) is 1.38. The monoisotopic (exact) mass is 357 g/mol. The number of hydrogen-bond donors (Lipinski definition) is 2. The van der Waals surface area contributed by atoms with Gasteiger partial charge in [-0.05, 0) is 24.3 Å². The van der Waals surface area contributed by atoms with Crippen LogP contribution in [-0.4, -0.2) is 23.8 Å². The number of amides is 2. The lowest BCUT2D eigenvalue weighted by molar-refractivity contribution is -0.137. The lowest BCUT2D eigenvalue weighted by Gasteiger charge is -2.12. The number of anilines is 1. The van der Waals surface area contributed by atoms with Gasteiger partial charge in [-0.15, -0.1) is 0 Å². The Morgan fingerprint density at radius 2 is 1.88 bits per heavy atom. The fourth-order valence-corrected chi connectivity index (χ4v) is 2.04. The molecule has 0 aliphatic carbocycles. The summed E-state index contributed by atoms with van der Waals surface area (Å²) in [6.07, 6.45) is -3.41. The number of carbonyl (C=O) groups excluding carboxylic acids is 2. The molecule has 0 bridgehead atoms. The zero-order valence-electron chi connectivity index (χ0n) is 12.2. The van der Waals surface area contributed by atoms with E-state index in [9.17, 15) is 22.8 Å². The zero-order valence-corrected chi connectivity index (χ0v) is 13.0. The summed E-state index contributed by atoms with van der Waals surface area (Å²) in [6.45, 7) is 0. The van der Waals surface area contributed by atoms with Crippen LogP contribution in [0.2, 0.25) is 5.15 Å². The van der Waals surface area contributed by atoms with Crippen molar-refractivity contribution < 1.29 is 22.8 Å². The Balaban J connectivity index is 2.34. The number of nitrogens with zero attached hydrogens (tertiary/aromatic N) is 1. The molecule has 2 aromatic rings. The highest BCUT2D eigenvalue weighted by molar-refractivity contribution is 6.30. The molecule has 2 amide bonds. The average molecular weight is 358 g/mol. The van der Waals surface area contributed by atoms with E-state index >= 15 is 0 Å². The third kappa shape index (κ3) is 4.02. The molecule has 5 nitrogen and oxygen atoms in total. The quantitative estimate of drug-likeness (QED) is 0.827. The van der Waals surface area contributed by atoms with E-state index in [0.717, 1.165) is 24.4 Å². The molecule has 24 heavy (non-hydrogen) atoms. The van der Waals surface area contributed by atoms with Crippen molar-refractivity contribution in [2.75, 3.05) is 12.4 Å². The zero-order chi connectivity index (χ0) is 17.9. The van der Waals surface area contributed by atoms with Crippen molar-refractivity contribution in [2.45, 2.75) is 6.18 Å². The summed E-state index contributed by atoms with van der Waals surface area (Å²) < 4.78 is 38.1. The number of alkyl halides is 3. The molecule has 0 fully saturated rings. The summed E-state index contributed by atoms with van der Waals surface area (Å²) in [6, 6.07) is 5.16. The number of rotatable bonds is 3. The minimum absolute atomic E-state index is 0.0157.